The number of phenolic OH excluding ortho intramolecular Hbond substituents is 1. The van der Waals surface area contributed by atoms with E-state index in [2.05, 4.69) is 18.1 Å². The number of anilines is 2. The van der Waals surface area contributed by atoms with Crippen LogP contribution >= 0.6 is 59.2 Å². The van der Waals surface area contributed by atoms with Crippen molar-refractivity contribution in [2.75, 3.05) is 9.62 Å². The van der Waals surface area contributed by atoms with Crippen LogP contribution in [0.5, 0.6) is 5.75 Å². The van der Waals surface area contributed by atoms with Gasteiger partial charge in [-0.25, -0.2) is 9.10 Å². The maximum absolute atomic E-state index is 12.3. The number of amides is 2. The van der Waals surface area contributed by atoms with Crippen molar-refractivity contribution in [3.63, 3.8) is 0 Å². The number of benzene rings is 2. The first-order chi connectivity index (χ1) is 10.7. The number of carbonyl (C=O) groups is 1. The van der Waals surface area contributed by atoms with Gasteiger partial charge in [-0.2, -0.15) is 0 Å². The lowest BCUT2D eigenvalue weighted by Gasteiger charge is -2.19. The van der Waals surface area contributed by atoms with E-state index >= 15 is 0 Å². The summed E-state index contributed by atoms with van der Waals surface area (Å²) in [7, 11) is 0. The molecule has 0 atom stereocenters. The van der Waals surface area contributed by atoms with Crippen LogP contribution in [0.3, 0.4) is 0 Å². The molecule has 2 aromatic rings. The van der Waals surface area contributed by atoms with E-state index < -0.39 is 6.03 Å². The number of carbonyl (C=O) groups excluding carboxylic acids is 1. The Morgan fingerprint density at radius 1 is 1.13 bits per heavy atom. The molecule has 0 saturated heterocycles. The van der Waals surface area contributed by atoms with Crippen molar-refractivity contribution >= 4 is 76.6 Å². The average Bonchev–Trinajstić information content (AvgIpc) is 2.47. The first-order valence-electron chi connectivity index (χ1n) is 6.14. The normalized spacial score (nSPS) is 10.5. The lowest BCUT2D eigenvalue weighted by Crippen LogP contribution is -2.27. The molecule has 4 nitrogen and oxygen atoms in total. The van der Waals surface area contributed by atoms with Crippen molar-refractivity contribution in [1.29, 1.82) is 0 Å². The Morgan fingerprint density at radius 2 is 1.70 bits per heavy atom. The Bertz CT molecular complexity index is 766. The second-order valence-electron chi connectivity index (χ2n) is 4.57. The molecular formula is C14H10Cl4N2O2S. The zero-order valence-corrected chi connectivity index (χ0v) is 15.5. The molecule has 2 aromatic carbocycles. The van der Waals surface area contributed by atoms with Gasteiger partial charge in [-0.05, 0) is 36.8 Å². The first-order valence-corrected chi connectivity index (χ1v) is 8.05. The number of aromatic hydroxyl groups is 1. The first kappa shape index (κ1) is 18.4. The number of phenols is 1. The molecule has 23 heavy (non-hydrogen) atoms. The molecule has 0 aliphatic carbocycles. The van der Waals surface area contributed by atoms with Gasteiger partial charge in [-0.3, -0.25) is 0 Å². The summed E-state index contributed by atoms with van der Waals surface area (Å²) in [4.78, 5) is 12.3. The predicted molar refractivity (Wildman–Crippen MR) is 99.8 cm³/mol. The van der Waals surface area contributed by atoms with Gasteiger partial charge in [-0.15, -0.1) is 0 Å². The van der Waals surface area contributed by atoms with E-state index in [0.717, 1.165) is 4.31 Å². The molecule has 9 heteroatoms. The van der Waals surface area contributed by atoms with Gasteiger partial charge in [0.25, 0.3) is 0 Å². The van der Waals surface area contributed by atoms with Crippen molar-refractivity contribution < 1.29 is 9.90 Å². The Hall–Kier alpha value is -0.980. The zero-order chi connectivity index (χ0) is 17.3. The van der Waals surface area contributed by atoms with E-state index in [9.17, 15) is 9.90 Å². The van der Waals surface area contributed by atoms with Crippen LogP contribution in [0.15, 0.2) is 24.3 Å². The lowest BCUT2D eigenvalue weighted by atomic mass is 10.2. The third kappa shape index (κ3) is 4.11. The van der Waals surface area contributed by atoms with E-state index in [4.69, 9.17) is 46.4 Å². The number of halogens is 4. The van der Waals surface area contributed by atoms with Crippen LogP contribution < -0.4 is 9.62 Å². The maximum Gasteiger partial charge on any atom is 0.336 e. The highest BCUT2D eigenvalue weighted by Gasteiger charge is 2.21. The van der Waals surface area contributed by atoms with Gasteiger partial charge in [0.1, 0.15) is 5.69 Å². The number of hydrogen-bond donors (Lipinski definition) is 3. The SMILES string of the molecule is Cc1c(Cl)cc(N(S)C(=O)Nc2cc(Cl)cc(Cl)c2)c(O)c1Cl. The molecule has 0 aromatic heterocycles. The average molecular weight is 412 g/mol. The smallest absolute Gasteiger partial charge is 0.336 e. The van der Waals surface area contributed by atoms with Crippen molar-refractivity contribution in [3.8, 4) is 5.75 Å². The minimum absolute atomic E-state index is 0.0413. The molecule has 0 aliphatic rings. The van der Waals surface area contributed by atoms with Gasteiger partial charge >= 0.3 is 6.03 Å². The van der Waals surface area contributed by atoms with Crippen LogP contribution in [0.4, 0.5) is 16.2 Å². The Kier molecular flexibility index (Phi) is 5.81. The van der Waals surface area contributed by atoms with Gasteiger partial charge in [-0.1, -0.05) is 59.2 Å². The number of hydrogen-bond acceptors (Lipinski definition) is 3. The lowest BCUT2D eigenvalue weighted by molar-refractivity contribution is 0.260. The van der Waals surface area contributed by atoms with Gasteiger partial charge in [0.2, 0.25) is 0 Å². The van der Waals surface area contributed by atoms with Crippen molar-refractivity contribution in [2.24, 2.45) is 0 Å². The summed E-state index contributed by atoms with van der Waals surface area (Å²) >= 11 is 27.8. The minimum atomic E-state index is -0.655. The summed E-state index contributed by atoms with van der Waals surface area (Å²) in [6.45, 7) is 1.64. The summed E-state index contributed by atoms with van der Waals surface area (Å²) < 4.78 is 0.876. The Morgan fingerprint density at radius 3 is 2.26 bits per heavy atom. The second kappa shape index (κ2) is 7.28. The minimum Gasteiger partial charge on any atom is -0.504 e. The molecule has 122 valence electrons. The van der Waals surface area contributed by atoms with E-state index in [1.165, 1.54) is 24.3 Å². The van der Waals surface area contributed by atoms with Crippen LogP contribution in [0.25, 0.3) is 0 Å². The number of nitrogens with zero attached hydrogens (tertiary/aromatic N) is 1. The molecule has 0 fully saturated rings. The topological polar surface area (TPSA) is 52.6 Å². The predicted octanol–water partition coefficient (Wildman–Crippen LogP) is 6.20. The zero-order valence-electron chi connectivity index (χ0n) is 11.6. The van der Waals surface area contributed by atoms with Crippen molar-refractivity contribution in [3.05, 3.63) is 49.9 Å². The molecule has 2 N–H and O–H groups in total. The number of urea groups is 1. The standard InChI is InChI=1S/C14H10Cl4N2O2S/c1-6-10(17)5-11(13(21)12(6)18)20(23)14(22)19-9-3-7(15)2-8(16)4-9/h2-5,21,23H,1H3,(H,19,22). The van der Waals surface area contributed by atoms with E-state index in [1.54, 1.807) is 6.92 Å². The number of rotatable bonds is 2. The van der Waals surface area contributed by atoms with Crippen LogP contribution in [0.1, 0.15) is 5.56 Å². The molecular weight excluding hydrogens is 402 g/mol. The quantitative estimate of drug-likeness (QED) is 0.515. The van der Waals surface area contributed by atoms with Gasteiger partial charge in [0, 0.05) is 20.8 Å². The molecule has 0 unspecified atom stereocenters. The van der Waals surface area contributed by atoms with E-state index in [1.807, 2.05) is 0 Å². The molecule has 0 aliphatic heterocycles. The highest BCUT2D eigenvalue weighted by atomic mass is 35.5. The van der Waals surface area contributed by atoms with Crippen LogP contribution in [0, 0.1) is 6.92 Å². The molecule has 0 spiro atoms. The largest absolute Gasteiger partial charge is 0.504 e. The molecule has 2 rings (SSSR count). The van der Waals surface area contributed by atoms with Gasteiger partial charge < -0.3 is 10.4 Å². The van der Waals surface area contributed by atoms with Crippen LogP contribution in [-0.2, 0) is 0 Å². The van der Waals surface area contributed by atoms with Gasteiger partial charge in [0.05, 0.1) is 5.02 Å². The highest BCUT2D eigenvalue weighted by molar-refractivity contribution is 7.82. The summed E-state index contributed by atoms with van der Waals surface area (Å²) in [5.74, 6) is -0.303. The summed E-state index contributed by atoms with van der Waals surface area (Å²) in [5, 5.41) is 13.7. The van der Waals surface area contributed by atoms with Crippen LogP contribution in [-0.4, -0.2) is 11.1 Å². The second-order valence-corrected chi connectivity index (χ2v) is 6.62. The molecule has 0 bridgehead atoms. The highest BCUT2D eigenvalue weighted by Crippen LogP contribution is 2.41. The fourth-order valence-electron chi connectivity index (χ4n) is 1.76. The Balaban J connectivity index is 2.30. The number of nitrogens with one attached hydrogen (secondary N) is 1. The third-order valence-corrected chi connectivity index (χ3v) is 4.62. The van der Waals surface area contributed by atoms with E-state index in [0.29, 0.717) is 26.3 Å². The fourth-order valence-corrected chi connectivity index (χ4v) is 2.94. The third-order valence-electron chi connectivity index (χ3n) is 2.94. The monoisotopic (exact) mass is 410 g/mol. The number of thiol groups is 1. The molecule has 2 amide bonds. The molecule has 0 heterocycles. The fraction of sp³-hybridized carbons (Fsp3) is 0.0714. The summed E-state index contributed by atoms with van der Waals surface area (Å²) in [6, 6.07) is 5.29. The maximum atomic E-state index is 12.3. The van der Waals surface area contributed by atoms with Crippen molar-refractivity contribution in [2.45, 2.75) is 6.92 Å². The van der Waals surface area contributed by atoms with Crippen molar-refractivity contribution in [1.82, 2.24) is 0 Å². The van der Waals surface area contributed by atoms with Gasteiger partial charge in [0.15, 0.2) is 5.75 Å². The summed E-state index contributed by atoms with van der Waals surface area (Å²) in [6.07, 6.45) is 0. The van der Waals surface area contributed by atoms with Crippen LogP contribution in [0.2, 0.25) is 20.1 Å². The molecule has 0 saturated carbocycles. The van der Waals surface area contributed by atoms with E-state index in [-0.39, 0.29) is 16.5 Å². The molecule has 0 radical (unpaired) electrons. The Labute approximate surface area is 158 Å². The summed E-state index contributed by atoms with van der Waals surface area (Å²) in [5.41, 5.74) is 0.910.